The lowest BCUT2D eigenvalue weighted by Crippen LogP contribution is -2.82. The van der Waals surface area contributed by atoms with E-state index in [0.29, 0.717) is 6.42 Å². The Kier molecular flexibility index (Phi) is 4.82. The molecule has 6 aliphatic rings. The van der Waals surface area contributed by atoms with Crippen molar-refractivity contribution in [1.29, 1.82) is 0 Å². The SMILES string of the molecule is CC(=O)O[C@@H]1C[C@H](O)[C@@]23CO[C@@H](O)[C@]1(C)[C@@H]2C[C@@H](O)[C@]1(C)C3C(=O)[C@H](O)[C@@]2(C)[C@H](c3ccoc3)C[C@H]3O[C@]321. The number of Topliss-reactive ketones (excluding diaryl/α,β-unsaturated/α-hetero) is 1. The third-order valence-electron chi connectivity index (χ3n) is 12.3. The first-order valence-corrected chi connectivity index (χ1v) is 13.6. The number of carbonyl (C=O) groups excluding carboxylic acids is 2. The number of furan rings is 1. The van der Waals surface area contributed by atoms with Gasteiger partial charge in [0.25, 0.3) is 0 Å². The number of ether oxygens (including phenoxy) is 3. The molecule has 2 aliphatic heterocycles. The number of hydrogen-bond acceptors (Lipinski definition) is 10. The maximum atomic E-state index is 14.5. The number of hydrogen-bond donors (Lipinski definition) is 4. The summed E-state index contributed by atoms with van der Waals surface area (Å²) in [6, 6.07) is 1.84. The summed E-state index contributed by atoms with van der Waals surface area (Å²) in [6.07, 6.45) is -2.21. The summed E-state index contributed by atoms with van der Waals surface area (Å²) in [5.74, 6) is -2.88. The van der Waals surface area contributed by atoms with E-state index in [9.17, 15) is 30.0 Å². The number of rotatable bonds is 2. The third kappa shape index (κ3) is 2.36. The van der Waals surface area contributed by atoms with Crippen LogP contribution in [0, 0.1) is 33.5 Å². The van der Waals surface area contributed by atoms with Gasteiger partial charge in [-0.2, -0.15) is 0 Å². The van der Waals surface area contributed by atoms with E-state index in [-0.39, 0.29) is 31.5 Å². The molecule has 4 aliphatic carbocycles. The average molecular weight is 533 g/mol. The van der Waals surface area contributed by atoms with Gasteiger partial charge in [0, 0.05) is 41.4 Å². The molecular weight excluding hydrogens is 496 g/mol. The molecule has 38 heavy (non-hydrogen) atoms. The summed E-state index contributed by atoms with van der Waals surface area (Å²) in [5, 5.41) is 46.8. The van der Waals surface area contributed by atoms with Gasteiger partial charge in [0.1, 0.15) is 17.8 Å². The molecule has 6 fully saturated rings. The molecule has 2 saturated heterocycles. The highest BCUT2D eigenvalue weighted by Crippen LogP contribution is 2.82. The fourth-order valence-electron chi connectivity index (χ4n) is 10.7. The second-order valence-corrected chi connectivity index (χ2v) is 13.3. The van der Waals surface area contributed by atoms with Gasteiger partial charge < -0.3 is 39.1 Å². The highest BCUT2D eigenvalue weighted by Gasteiger charge is 2.92. The van der Waals surface area contributed by atoms with E-state index in [2.05, 4.69) is 0 Å². The van der Waals surface area contributed by atoms with Gasteiger partial charge in [-0.1, -0.05) is 20.8 Å². The predicted molar refractivity (Wildman–Crippen MR) is 127 cm³/mol. The number of fused-ring (bicyclic) bond motifs is 1. The normalized spacial score (nSPS) is 58.3. The van der Waals surface area contributed by atoms with Gasteiger partial charge in [-0.25, -0.2) is 0 Å². The first-order chi connectivity index (χ1) is 17.8. The van der Waals surface area contributed by atoms with E-state index >= 15 is 0 Å². The van der Waals surface area contributed by atoms with Crippen molar-refractivity contribution in [3.05, 3.63) is 24.2 Å². The summed E-state index contributed by atoms with van der Waals surface area (Å²) >= 11 is 0. The number of aliphatic hydroxyl groups is 4. The smallest absolute Gasteiger partial charge is 0.302 e. The van der Waals surface area contributed by atoms with E-state index in [4.69, 9.17) is 18.6 Å². The lowest BCUT2D eigenvalue weighted by molar-refractivity contribution is -0.373. The molecule has 1 aromatic rings. The second kappa shape index (κ2) is 7.27. The van der Waals surface area contributed by atoms with Gasteiger partial charge in [0.15, 0.2) is 12.1 Å². The maximum absolute atomic E-state index is 14.5. The standard InChI is InChI=1S/C28H36O10/c1-12(29)37-18-9-17(31)27-11-36-23(34)24(18,2)15(27)8-16(30)26(4)21(27)20(32)22(33)25(3)14(13-5-6-35-10-13)7-19-28(25,26)38-19/h5-6,10,14-19,21-23,30-31,33-34H,7-9,11H2,1-4H3/t14-,15-,16+,17-,18+,19+,21?,22-,23+,24+,25+,26+,27+,28+/m0/s1. The Morgan fingerprint density at radius 2 is 1.79 bits per heavy atom. The lowest BCUT2D eigenvalue weighted by atomic mass is 9.33. The Morgan fingerprint density at radius 3 is 2.45 bits per heavy atom. The summed E-state index contributed by atoms with van der Waals surface area (Å²) in [4.78, 5) is 26.5. The molecule has 208 valence electrons. The zero-order valence-corrected chi connectivity index (χ0v) is 22.0. The van der Waals surface area contributed by atoms with Crippen LogP contribution >= 0.6 is 0 Å². The number of carbonyl (C=O) groups is 2. The van der Waals surface area contributed by atoms with E-state index in [1.54, 1.807) is 19.5 Å². The molecule has 0 radical (unpaired) electrons. The Balaban J connectivity index is 1.41. The molecule has 1 aromatic heterocycles. The fraction of sp³-hybridized carbons (Fsp3) is 0.786. The predicted octanol–water partition coefficient (Wildman–Crippen LogP) is 0.895. The molecule has 4 N–H and O–H groups in total. The van der Waals surface area contributed by atoms with Gasteiger partial charge in [-0.15, -0.1) is 0 Å². The van der Waals surface area contributed by atoms with Crippen molar-refractivity contribution in [3.8, 4) is 0 Å². The van der Waals surface area contributed by atoms with Crippen molar-refractivity contribution < 1.29 is 48.6 Å². The first-order valence-electron chi connectivity index (χ1n) is 13.6. The van der Waals surface area contributed by atoms with Gasteiger partial charge in [0.05, 0.1) is 42.9 Å². The zero-order chi connectivity index (χ0) is 27.2. The van der Waals surface area contributed by atoms with E-state index < -0.39 is 81.6 Å². The molecule has 0 amide bonds. The molecule has 1 unspecified atom stereocenters. The van der Waals surface area contributed by atoms with Crippen LogP contribution in [0.3, 0.4) is 0 Å². The highest BCUT2D eigenvalue weighted by molar-refractivity contribution is 5.91. The molecule has 10 heteroatoms. The number of esters is 1. The lowest BCUT2D eigenvalue weighted by Gasteiger charge is -2.72. The summed E-state index contributed by atoms with van der Waals surface area (Å²) < 4.78 is 23.3. The van der Waals surface area contributed by atoms with Crippen LogP contribution in [0.15, 0.2) is 23.0 Å². The van der Waals surface area contributed by atoms with Crippen molar-refractivity contribution in [3.63, 3.8) is 0 Å². The van der Waals surface area contributed by atoms with Gasteiger partial charge >= 0.3 is 5.97 Å². The van der Waals surface area contributed by atoms with Crippen LogP contribution in [0.2, 0.25) is 0 Å². The first kappa shape index (κ1) is 25.2. The molecular formula is C28H36O10. The molecule has 2 bridgehead atoms. The van der Waals surface area contributed by atoms with Crippen LogP contribution in [0.25, 0.3) is 0 Å². The topological polar surface area (TPSA) is 159 Å². The quantitative estimate of drug-likeness (QED) is 0.318. The van der Waals surface area contributed by atoms with Crippen molar-refractivity contribution in [2.75, 3.05) is 6.61 Å². The van der Waals surface area contributed by atoms with Crippen LogP contribution < -0.4 is 0 Å². The Labute approximate surface area is 220 Å². The summed E-state index contributed by atoms with van der Waals surface area (Å²) in [5.41, 5.74) is -4.74. The second-order valence-electron chi connectivity index (χ2n) is 13.3. The third-order valence-corrected chi connectivity index (χ3v) is 12.3. The molecule has 14 atom stereocenters. The van der Waals surface area contributed by atoms with Crippen molar-refractivity contribution in [1.82, 2.24) is 0 Å². The highest BCUT2D eigenvalue weighted by atomic mass is 16.6. The minimum absolute atomic E-state index is 0.00521. The largest absolute Gasteiger partial charge is 0.472 e. The minimum atomic E-state index is -1.43. The number of epoxide rings is 1. The molecule has 10 nitrogen and oxygen atoms in total. The Hall–Kier alpha value is -1.82. The molecule has 4 saturated carbocycles. The zero-order valence-electron chi connectivity index (χ0n) is 22.0. The van der Waals surface area contributed by atoms with Crippen molar-refractivity contribution >= 4 is 11.8 Å². The van der Waals surface area contributed by atoms with Crippen LogP contribution in [0.5, 0.6) is 0 Å². The average Bonchev–Trinajstić information content (AvgIpc) is 3.22. The molecule has 7 rings (SSSR count). The van der Waals surface area contributed by atoms with Crippen LogP contribution in [-0.4, -0.2) is 81.2 Å². The van der Waals surface area contributed by atoms with Crippen LogP contribution in [-0.2, 0) is 23.8 Å². The molecule has 0 aromatic carbocycles. The van der Waals surface area contributed by atoms with Gasteiger partial charge in [0.2, 0.25) is 0 Å². The molecule has 3 heterocycles. The number of ketones is 1. The van der Waals surface area contributed by atoms with Gasteiger partial charge in [-0.05, 0) is 30.4 Å². The maximum Gasteiger partial charge on any atom is 0.302 e. The summed E-state index contributed by atoms with van der Waals surface area (Å²) in [6.45, 7) is 6.61. The monoisotopic (exact) mass is 532 g/mol. The van der Waals surface area contributed by atoms with Crippen molar-refractivity contribution in [2.45, 2.75) is 95.3 Å². The van der Waals surface area contributed by atoms with Crippen LogP contribution in [0.4, 0.5) is 0 Å². The van der Waals surface area contributed by atoms with E-state index in [1.807, 2.05) is 19.9 Å². The van der Waals surface area contributed by atoms with E-state index in [1.165, 1.54) is 6.92 Å². The Bertz CT molecular complexity index is 1200. The minimum Gasteiger partial charge on any atom is -0.472 e. The van der Waals surface area contributed by atoms with E-state index in [0.717, 1.165) is 5.56 Å². The molecule has 1 spiro atoms. The van der Waals surface area contributed by atoms with Gasteiger partial charge in [-0.3, -0.25) is 9.59 Å². The summed E-state index contributed by atoms with van der Waals surface area (Å²) in [7, 11) is 0. The van der Waals surface area contributed by atoms with Crippen molar-refractivity contribution in [2.24, 2.45) is 33.5 Å². The fourth-order valence-corrected chi connectivity index (χ4v) is 10.7. The Morgan fingerprint density at radius 1 is 1.05 bits per heavy atom. The number of aliphatic hydroxyl groups excluding tert-OH is 4. The van der Waals surface area contributed by atoms with Crippen LogP contribution in [0.1, 0.15) is 58.4 Å².